The van der Waals surface area contributed by atoms with Crippen molar-refractivity contribution in [2.45, 2.75) is 13.8 Å². The van der Waals surface area contributed by atoms with Gasteiger partial charge in [-0.05, 0) is 25.5 Å². The fourth-order valence-electron chi connectivity index (χ4n) is 0.385. The van der Waals surface area contributed by atoms with Crippen LogP contribution >= 0.6 is 0 Å². The summed E-state index contributed by atoms with van der Waals surface area (Å²) in [5.74, 6) is 5.52. The first kappa shape index (κ1) is 7.26. The van der Waals surface area contributed by atoms with E-state index in [1.54, 1.807) is 13.0 Å². The standard InChI is InChI=1S/C7H10O/c1-3-4-7(2)5-6-8/h5,8H,6H2,1-2H3/b7-5-. The summed E-state index contributed by atoms with van der Waals surface area (Å²) in [7, 11) is 0. The van der Waals surface area contributed by atoms with Crippen molar-refractivity contribution in [1.82, 2.24) is 0 Å². The number of hydrogen-bond donors (Lipinski definition) is 1. The molecule has 1 heteroatoms. The summed E-state index contributed by atoms with van der Waals surface area (Å²) in [6.07, 6.45) is 1.68. The lowest BCUT2D eigenvalue weighted by Crippen LogP contribution is -1.74. The van der Waals surface area contributed by atoms with E-state index in [9.17, 15) is 0 Å². The van der Waals surface area contributed by atoms with Gasteiger partial charge in [0.1, 0.15) is 0 Å². The molecule has 0 radical (unpaired) electrons. The minimum Gasteiger partial charge on any atom is -0.392 e. The lowest BCUT2D eigenvalue weighted by atomic mass is 10.3. The predicted molar refractivity (Wildman–Crippen MR) is 34.3 cm³/mol. The molecule has 0 rings (SSSR count). The van der Waals surface area contributed by atoms with Gasteiger partial charge in [0.15, 0.2) is 0 Å². The van der Waals surface area contributed by atoms with Gasteiger partial charge < -0.3 is 5.11 Å². The Morgan fingerprint density at radius 2 is 2.38 bits per heavy atom. The average molecular weight is 110 g/mol. The summed E-state index contributed by atoms with van der Waals surface area (Å²) in [5, 5.41) is 8.32. The Labute approximate surface area is 50.0 Å². The lowest BCUT2D eigenvalue weighted by Gasteiger charge is -1.81. The SMILES string of the molecule is CC#C/C(C)=C\CO. The van der Waals surface area contributed by atoms with Crippen LogP contribution in [0.2, 0.25) is 0 Å². The molecule has 0 aliphatic rings. The molecular weight excluding hydrogens is 100 g/mol. The van der Waals surface area contributed by atoms with Gasteiger partial charge in [0, 0.05) is 0 Å². The maximum atomic E-state index is 8.32. The Hall–Kier alpha value is -0.740. The molecule has 0 aromatic carbocycles. The van der Waals surface area contributed by atoms with Crippen LogP contribution in [0.4, 0.5) is 0 Å². The van der Waals surface area contributed by atoms with Crippen molar-refractivity contribution in [3.63, 3.8) is 0 Å². The number of rotatable bonds is 1. The molecule has 0 atom stereocenters. The Morgan fingerprint density at radius 1 is 1.75 bits per heavy atom. The van der Waals surface area contributed by atoms with Crippen molar-refractivity contribution < 1.29 is 5.11 Å². The second-order valence-electron chi connectivity index (χ2n) is 1.44. The second-order valence-corrected chi connectivity index (χ2v) is 1.44. The molecule has 0 aliphatic heterocycles. The highest BCUT2D eigenvalue weighted by molar-refractivity contribution is 5.25. The molecule has 1 nitrogen and oxygen atoms in total. The maximum Gasteiger partial charge on any atom is 0.0624 e. The summed E-state index contributed by atoms with van der Waals surface area (Å²) in [6.45, 7) is 3.72. The van der Waals surface area contributed by atoms with E-state index in [0.717, 1.165) is 5.57 Å². The van der Waals surface area contributed by atoms with Crippen molar-refractivity contribution in [2.75, 3.05) is 6.61 Å². The maximum absolute atomic E-state index is 8.32. The summed E-state index contributed by atoms with van der Waals surface area (Å²) in [4.78, 5) is 0. The molecule has 0 spiro atoms. The smallest absolute Gasteiger partial charge is 0.0624 e. The van der Waals surface area contributed by atoms with Crippen LogP contribution in [0.5, 0.6) is 0 Å². The van der Waals surface area contributed by atoms with Crippen LogP contribution in [0.15, 0.2) is 11.6 Å². The third-order valence-corrected chi connectivity index (χ3v) is 0.720. The molecule has 0 amide bonds. The highest BCUT2D eigenvalue weighted by Crippen LogP contribution is 1.85. The Morgan fingerprint density at radius 3 is 2.75 bits per heavy atom. The third-order valence-electron chi connectivity index (χ3n) is 0.720. The van der Waals surface area contributed by atoms with Gasteiger partial charge in [-0.15, -0.1) is 5.92 Å². The fourth-order valence-corrected chi connectivity index (χ4v) is 0.385. The molecular formula is C7H10O. The van der Waals surface area contributed by atoms with Crippen molar-refractivity contribution >= 4 is 0 Å². The van der Waals surface area contributed by atoms with Crippen LogP contribution in [0.1, 0.15) is 13.8 Å². The number of aliphatic hydroxyl groups is 1. The van der Waals surface area contributed by atoms with Gasteiger partial charge in [-0.1, -0.05) is 5.92 Å². The summed E-state index contributed by atoms with van der Waals surface area (Å²) in [6, 6.07) is 0. The lowest BCUT2D eigenvalue weighted by molar-refractivity contribution is 0.342. The van der Waals surface area contributed by atoms with E-state index in [-0.39, 0.29) is 6.61 Å². The molecule has 44 valence electrons. The fraction of sp³-hybridized carbons (Fsp3) is 0.429. The number of hydrogen-bond acceptors (Lipinski definition) is 1. The zero-order valence-electron chi connectivity index (χ0n) is 5.23. The predicted octanol–water partition coefficient (Wildman–Crippen LogP) is 0.948. The van der Waals surface area contributed by atoms with E-state index in [0.29, 0.717) is 0 Å². The van der Waals surface area contributed by atoms with Crippen LogP contribution in [-0.2, 0) is 0 Å². The van der Waals surface area contributed by atoms with Crippen LogP contribution < -0.4 is 0 Å². The molecule has 1 N–H and O–H groups in total. The minimum atomic E-state index is 0.0838. The van der Waals surface area contributed by atoms with Gasteiger partial charge in [0.25, 0.3) is 0 Å². The quantitative estimate of drug-likeness (QED) is 0.498. The molecule has 0 saturated heterocycles. The van der Waals surface area contributed by atoms with Crippen LogP contribution in [0.3, 0.4) is 0 Å². The third kappa shape index (κ3) is 3.45. The molecule has 0 aromatic rings. The van der Waals surface area contributed by atoms with Gasteiger partial charge in [0.2, 0.25) is 0 Å². The largest absolute Gasteiger partial charge is 0.392 e. The average Bonchev–Trinajstić information content (AvgIpc) is 1.68. The van der Waals surface area contributed by atoms with E-state index in [1.165, 1.54) is 0 Å². The van der Waals surface area contributed by atoms with E-state index < -0.39 is 0 Å². The number of allylic oxidation sites excluding steroid dienone is 1. The van der Waals surface area contributed by atoms with Crippen molar-refractivity contribution in [1.29, 1.82) is 0 Å². The first-order valence-electron chi connectivity index (χ1n) is 2.51. The molecule has 0 heterocycles. The number of aliphatic hydroxyl groups excluding tert-OH is 1. The molecule has 0 aliphatic carbocycles. The zero-order chi connectivity index (χ0) is 6.41. The van der Waals surface area contributed by atoms with Gasteiger partial charge >= 0.3 is 0 Å². The van der Waals surface area contributed by atoms with E-state index in [1.807, 2.05) is 6.92 Å². The second kappa shape index (κ2) is 4.42. The Bertz CT molecular complexity index is 134. The van der Waals surface area contributed by atoms with Crippen LogP contribution in [0, 0.1) is 11.8 Å². The highest BCUT2D eigenvalue weighted by Gasteiger charge is 1.74. The molecule has 0 unspecified atom stereocenters. The van der Waals surface area contributed by atoms with Gasteiger partial charge in [-0.25, -0.2) is 0 Å². The van der Waals surface area contributed by atoms with Gasteiger partial charge in [-0.2, -0.15) is 0 Å². The molecule has 8 heavy (non-hydrogen) atoms. The molecule has 0 aromatic heterocycles. The van der Waals surface area contributed by atoms with Crippen molar-refractivity contribution in [2.24, 2.45) is 0 Å². The van der Waals surface area contributed by atoms with Crippen molar-refractivity contribution in [3.05, 3.63) is 11.6 Å². The van der Waals surface area contributed by atoms with E-state index in [2.05, 4.69) is 11.8 Å². The minimum absolute atomic E-state index is 0.0838. The summed E-state index contributed by atoms with van der Waals surface area (Å²) < 4.78 is 0. The van der Waals surface area contributed by atoms with E-state index in [4.69, 9.17) is 5.11 Å². The van der Waals surface area contributed by atoms with Crippen LogP contribution in [-0.4, -0.2) is 11.7 Å². The monoisotopic (exact) mass is 110 g/mol. The Kier molecular flexibility index (Phi) is 4.01. The van der Waals surface area contributed by atoms with Gasteiger partial charge in [-0.3, -0.25) is 0 Å². The molecule has 0 saturated carbocycles. The van der Waals surface area contributed by atoms with Gasteiger partial charge in [0.05, 0.1) is 6.61 Å². The molecule has 0 fully saturated rings. The van der Waals surface area contributed by atoms with Crippen molar-refractivity contribution in [3.8, 4) is 11.8 Å². The van der Waals surface area contributed by atoms with E-state index >= 15 is 0 Å². The topological polar surface area (TPSA) is 20.2 Å². The normalized spacial score (nSPS) is 10.1. The summed E-state index contributed by atoms with van der Waals surface area (Å²) in [5.41, 5.74) is 0.926. The summed E-state index contributed by atoms with van der Waals surface area (Å²) >= 11 is 0. The highest BCUT2D eigenvalue weighted by atomic mass is 16.2. The van der Waals surface area contributed by atoms with Crippen LogP contribution in [0.25, 0.3) is 0 Å². The first-order chi connectivity index (χ1) is 3.81. The Balaban J connectivity index is 3.74. The molecule has 0 bridgehead atoms. The first-order valence-corrected chi connectivity index (χ1v) is 2.51. The zero-order valence-corrected chi connectivity index (χ0v) is 5.23.